The molecule has 3 nitrogen and oxygen atoms in total. The molecule has 0 radical (unpaired) electrons. The van der Waals surface area contributed by atoms with Crippen molar-refractivity contribution in [3.63, 3.8) is 0 Å². The van der Waals surface area contributed by atoms with Crippen molar-refractivity contribution in [3.05, 3.63) is 42.4 Å². The molecule has 0 aliphatic rings. The average Bonchev–Trinajstić information content (AvgIpc) is 2.30. The minimum absolute atomic E-state index is 0.809. The maximum Gasteiger partial charge on any atom is 0.122 e. The Morgan fingerprint density at radius 3 is 2.73 bits per heavy atom. The van der Waals surface area contributed by atoms with Gasteiger partial charge in [0.25, 0.3) is 0 Å². The molecule has 0 saturated carbocycles. The summed E-state index contributed by atoms with van der Waals surface area (Å²) in [6.45, 7) is 1.97. The molecule has 0 fully saturated rings. The van der Waals surface area contributed by atoms with Gasteiger partial charge in [-0.3, -0.25) is 9.97 Å². The molecule has 76 valence electrons. The minimum atomic E-state index is 0.809. The molecule has 0 N–H and O–H groups in total. The summed E-state index contributed by atoms with van der Waals surface area (Å²) in [6, 6.07) is 7.65. The summed E-state index contributed by atoms with van der Waals surface area (Å²) in [7, 11) is 1.65. The zero-order chi connectivity index (χ0) is 10.7. The molecule has 2 aromatic heterocycles. The zero-order valence-corrected chi connectivity index (χ0v) is 8.77. The van der Waals surface area contributed by atoms with Gasteiger partial charge in [0.2, 0.25) is 0 Å². The van der Waals surface area contributed by atoms with Crippen LogP contribution in [0.4, 0.5) is 0 Å². The lowest BCUT2D eigenvalue weighted by atomic mass is 10.1. The molecule has 0 saturated heterocycles. The Labute approximate surface area is 88.8 Å². The highest BCUT2D eigenvalue weighted by atomic mass is 16.5. The van der Waals surface area contributed by atoms with Crippen molar-refractivity contribution in [3.8, 4) is 17.0 Å². The largest absolute Gasteiger partial charge is 0.497 e. The van der Waals surface area contributed by atoms with Crippen molar-refractivity contribution in [2.24, 2.45) is 0 Å². The fraction of sp³-hybridized carbons (Fsp3) is 0.167. The van der Waals surface area contributed by atoms with Crippen LogP contribution in [0.25, 0.3) is 11.3 Å². The van der Waals surface area contributed by atoms with Crippen LogP contribution in [0.15, 0.2) is 36.7 Å². The highest BCUT2D eigenvalue weighted by Crippen LogP contribution is 2.22. The summed E-state index contributed by atoms with van der Waals surface area (Å²) in [5.74, 6) is 0.809. The summed E-state index contributed by atoms with van der Waals surface area (Å²) in [4.78, 5) is 8.53. The Kier molecular flexibility index (Phi) is 2.63. The van der Waals surface area contributed by atoms with Gasteiger partial charge in [0.1, 0.15) is 5.75 Å². The van der Waals surface area contributed by atoms with Gasteiger partial charge < -0.3 is 4.74 Å². The number of hydrogen-bond donors (Lipinski definition) is 0. The molecule has 0 aliphatic heterocycles. The highest BCUT2D eigenvalue weighted by Gasteiger charge is 2.04. The van der Waals surface area contributed by atoms with E-state index in [-0.39, 0.29) is 0 Å². The van der Waals surface area contributed by atoms with E-state index in [1.165, 1.54) is 0 Å². The Hall–Kier alpha value is -1.90. The molecule has 2 rings (SSSR count). The van der Waals surface area contributed by atoms with Crippen LogP contribution >= 0.6 is 0 Å². The van der Waals surface area contributed by atoms with Crippen molar-refractivity contribution >= 4 is 0 Å². The number of methoxy groups -OCH3 is 1. The van der Waals surface area contributed by atoms with Crippen molar-refractivity contribution in [1.82, 2.24) is 9.97 Å². The minimum Gasteiger partial charge on any atom is -0.497 e. The molecule has 2 aromatic rings. The number of rotatable bonds is 2. The van der Waals surface area contributed by atoms with Gasteiger partial charge >= 0.3 is 0 Å². The van der Waals surface area contributed by atoms with E-state index in [2.05, 4.69) is 9.97 Å². The number of hydrogen-bond acceptors (Lipinski definition) is 3. The normalized spacial score (nSPS) is 10.0. The first-order valence-corrected chi connectivity index (χ1v) is 4.73. The molecular weight excluding hydrogens is 188 g/mol. The number of nitrogens with zero attached hydrogens (tertiary/aromatic N) is 2. The van der Waals surface area contributed by atoms with E-state index >= 15 is 0 Å². The molecule has 0 unspecified atom stereocenters. The number of ether oxygens (including phenoxy) is 1. The third-order valence-corrected chi connectivity index (χ3v) is 2.25. The monoisotopic (exact) mass is 200 g/mol. The number of pyridine rings is 2. The van der Waals surface area contributed by atoms with Gasteiger partial charge in [0.15, 0.2) is 0 Å². The topological polar surface area (TPSA) is 35.0 Å². The fourth-order valence-corrected chi connectivity index (χ4v) is 1.44. The Balaban J connectivity index is 2.49. The lowest BCUT2D eigenvalue weighted by molar-refractivity contribution is 0.414. The Bertz CT molecular complexity index is 469. The first kappa shape index (κ1) is 9.65. The summed E-state index contributed by atoms with van der Waals surface area (Å²) < 4.78 is 5.16. The van der Waals surface area contributed by atoms with Gasteiger partial charge in [-0.15, -0.1) is 0 Å². The molecule has 0 amide bonds. The Morgan fingerprint density at radius 2 is 2.00 bits per heavy atom. The van der Waals surface area contributed by atoms with Gasteiger partial charge in [-0.2, -0.15) is 0 Å². The van der Waals surface area contributed by atoms with Crippen molar-refractivity contribution < 1.29 is 4.74 Å². The van der Waals surface area contributed by atoms with E-state index in [0.717, 1.165) is 22.7 Å². The summed E-state index contributed by atoms with van der Waals surface area (Å²) in [6.07, 6.45) is 3.51. The quantitative estimate of drug-likeness (QED) is 0.747. The smallest absolute Gasteiger partial charge is 0.122 e. The average molecular weight is 200 g/mol. The first-order valence-electron chi connectivity index (χ1n) is 4.73. The van der Waals surface area contributed by atoms with Gasteiger partial charge in [0.05, 0.1) is 12.8 Å². The fourth-order valence-electron chi connectivity index (χ4n) is 1.44. The van der Waals surface area contributed by atoms with Crippen LogP contribution in [0.1, 0.15) is 5.69 Å². The van der Waals surface area contributed by atoms with Gasteiger partial charge in [0, 0.05) is 29.7 Å². The van der Waals surface area contributed by atoms with Crippen LogP contribution in [0.5, 0.6) is 5.75 Å². The number of aryl methyl sites for hydroxylation is 1. The molecule has 0 atom stereocenters. The standard InChI is InChI=1S/C12H12N2O/c1-9-11(4-3-6-13-9)12-8-10(15-2)5-7-14-12/h3-8H,1-2H3. The maximum absolute atomic E-state index is 5.16. The van der Waals surface area contributed by atoms with E-state index in [4.69, 9.17) is 4.74 Å². The second-order valence-electron chi connectivity index (χ2n) is 3.22. The summed E-state index contributed by atoms with van der Waals surface area (Å²) >= 11 is 0. The van der Waals surface area contributed by atoms with Crippen LogP contribution in [-0.4, -0.2) is 17.1 Å². The molecule has 0 spiro atoms. The van der Waals surface area contributed by atoms with Crippen molar-refractivity contribution in [1.29, 1.82) is 0 Å². The molecule has 15 heavy (non-hydrogen) atoms. The van der Waals surface area contributed by atoms with E-state index in [0.29, 0.717) is 0 Å². The van der Waals surface area contributed by atoms with Crippen LogP contribution in [0, 0.1) is 6.92 Å². The molecule has 2 heterocycles. The second-order valence-corrected chi connectivity index (χ2v) is 3.22. The van der Waals surface area contributed by atoms with E-state index in [9.17, 15) is 0 Å². The second kappa shape index (κ2) is 4.09. The number of aromatic nitrogens is 2. The lowest BCUT2D eigenvalue weighted by Gasteiger charge is -2.05. The SMILES string of the molecule is COc1ccnc(-c2cccnc2C)c1. The molecule has 0 aromatic carbocycles. The highest BCUT2D eigenvalue weighted by molar-refractivity contribution is 5.62. The predicted molar refractivity (Wildman–Crippen MR) is 58.8 cm³/mol. The van der Waals surface area contributed by atoms with Crippen LogP contribution < -0.4 is 4.74 Å². The van der Waals surface area contributed by atoms with Crippen LogP contribution in [0.2, 0.25) is 0 Å². The summed E-state index contributed by atoms with van der Waals surface area (Å²) in [5.41, 5.74) is 2.90. The molecular formula is C12H12N2O. The van der Waals surface area contributed by atoms with Crippen molar-refractivity contribution in [2.45, 2.75) is 6.92 Å². The van der Waals surface area contributed by atoms with Gasteiger partial charge in [-0.25, -0.2) is 0 Å². The lowest BCUT2D eigenvalue weighted by Crippen LogP contribution is -1.90. The van der Waals surface area contributed by atoms with E-state index < -0.39 is 0 Å². The Morgan fingerprint density at radius 1 is 1.13 bits per heavy atom. The first-order chi connectivity index (χ1) is 7.31. The van der Waals surface area contributed by atoms with Crippen LogP contribution in [-0.2, 0) is 0 Å². The third kappa shape index (κ3) is 1.96. The van der Waals surface area contributed by atoms with Crippen molar-refractivity contribution in [2.75, 3.05) is 7.11 Å². The van der Waals surface area contributed by atoms with Gasteiger partial charge in [-0.1, -0.05) is 0 Å². The third-order valence-electron chi connectivity index (χ3n) is 2.25. The molecule has 0 bridgehead atoms. The van der Waals surface area contributed by atoms with Gasteiger partial charge in [-0.05, 0) is 25.1 Å². The molecule has 3 heteroatoms. The zero-order valence-electron chi connectivity index (χ0n) is 8.77. The predicted octanol–water partition coefficient (Wildman–Crippen LogP) is 2.46. The summed E-state index contributed by atoms with van der Waals surface area (Å²) in [5, 5.41) is 0. The molecule has 0 aliphatic carbocycles. The van der Waals surface area contributed by atoms with E-state index in [1.807, 2.05) is 31.2 Å². The van der Waals surface area contributed by atoms with Crippen LogP contribution in [0.3, 0.4) is 0 Å². The van der Waals surface area contributed by atoms with E-state index in [1.54, 1.807) is 19.5 Å². The maximum atomic E-state index is 5.16.